The molecule has 1 amide bonds. The van der Waals surface area contributed by atoms with Gasteiger partial charge in [0.15, 0.2) is 6.10 Å². The summed E-state index contributed by atoms with van der Waals surface area (Å²) in [5.74, 6) is 0.793. The van der Waals surface area contributed by atoms with Crippen molar-refractivity contribution in [1.82, 2.24) is 4.90 Å². The highest BCUT2D eigenvalue weighted by Crippen LogP contribution is 2.26. The smallest absolute Gasteiger partial charge is 0.263 e. The maximum atomic E-state index is 12.5. The largest absolute Gasteiger partial charge is 0.481 e. The van der Waals surface area contributed by atoms with Crippen LogP contribution in [0.3, 0.4) is 0 Å². The van der Waals surface area contributed by atoms with Crippen LogP contribution in [0.15, 0.2) is 48.5 Å². The predicted octanol–water partition coefficient (Wildman–Crippen LogP) is 3.99. The van der Waals surface area contributed by atoms with Crippen molar-refractivity contribution in [2.24, 2.45) is 0 Å². The van der Waals surface area contributed by atoms with Crippen molar-refractivity contribution in [3.8, 4) is 5.75 Å². The second-order valence-electron chi connectivity index (χ2n) is 6.58. The lowest BCUT2D eigenvalue weighted by molar-refractivity contribution is -0.137. The van der Waals surface area contributed by atoms with Gasteiger partial charge in [0.25, 0.3) is 5.91 Å². The summed E-state index contributed by atoms with van der Waals surface area (Å²) in [7, 11) is 1.82. The van der Waals surface area contributed by atoms with E-state index in [-0.39, 0.29) is 5.91 Å². The molecule has 0 heterocycles. The van der Waals surface area contributed by atoms with Gasteiger partial charge in [-0.2, -0.15) is 0 Å². The minimum Gasteiger partial charge on any atom is -0.481 e. The second kappa shape index (κ2) is 7.52. The number of nitrogens with zero attached hydrogens (tertiary/aromatic N) is 1. The molecule has 0 spiro atoms. The molecular formula is C21H25NO2. The molecule has 0 fully saturated rings. The van der Waals surface area contributed by atoms with Crippen LogP contribution in [0.4, 0.5) is 0 Å². The first-order valence-electron chi connectivity index (χ1n) is 8.71. The van der Waals surface area contributed by atoms with E-state index in [1.54, 1.807) is 4.90 Å². The van der Waals surface area contributed by atoms with Gasteiger partial charge in [0.2, 0.25) is 0 Å². The number of benzene rings is 2. The summed E-state index contributed by atoms with van der Waals surface area (Å²) in [6.45, 7) is 2.42. The Morgan fingerprint density at radius 2 is 1.79 bits per heavy atom. The van der Waals surface area contributed by atoms with Gasteiger partial charge in [0, 0.05) is 13.6 Å². The number of hydrogen-bond acceptors (Lipinski definition) is 2. The van der Waals surface area contributed by atoms with E-state index < -0.39 is 6.10 Å². The molecule has 3 rings (SSSR count). The molecule has 1 aliphatic rings. The zero-order valence-corrected chi connectivity index (χ0v) is 14.5. The number of carbonyl (C=O) groups is 1. The van der Waals surface area contributed by atoms with E-state index in [0.717, 1.165) is 24.2 Å². The van der Waals surface area contributed by atoms with Crippen molar-refractivity contribution < 1.29 is 9.53 Å². The summed E-state index contributed by atoms with van der Waals surface area (Å²) in [4.78, 5) is 14.3. The molecule has 0 saturated heterocycles. The molecule has 3 nitrogen and oxygen atoms in total. The third kappa shape index (κ3) is 3.97. The second-order valence-corrected chi connectivity index (χ2v) is 6.58. The SMILES string of the molecule is C[C@H](Oc1ccc2c(c1)CCCC2)C(=O)N(C)Cc1ccccc1. The molecule has 0 radical (unpaired) electrons. The molecule has 0 aliphatic heterocycles. The molecule has 0 N–H and O–H groups in total. The van der Waals surface area contributed by atoms with Crippen LogP contribution in [0.25, 0.3) is 0 Å². The van der Waals surface area contributed by atoms with Crippen LogP contribution in [0.2, 0.25) is 0 Å². The summed E-state index contributed by atoms with van der Waals surface area (Å²) in [6.07, 6.45) is 4.30. The lowest BCUT2D eigenvalue weighted by atomic mass is 9.92. The number of ether oxygens (including phenoxy) is 1. The van der Waals surface area contributed by atoms with Gasteiger partial charge < -0.3 is 9.64 Å². The van der Waals surface area contributed by atoms with Crippen molar-refractivity contribution in [2.75, 3.05) is 7.05 Å². The maximum absolute atomic E-state index is 12.5. The fourth-order valence-corrected chi connectivity index (χ4v) is 3.28. The number of fused-ring (bicyclic) bond motifs is 1. The quantitative estimate of drug-likeness (QED) is 0.832. The molecular weight excluding hydrogens is 298 g/mol. The summed E-state index contributed by atoms with van der Waals surface area (Å²) in [6, 6.07) is 16.3. The van der Waals surface area contributed by atoms with Gasteiger partial charge in [-0.3, -0.25) is 4.79 Å². The number of carbonyl (C=O) groups excluding carboxylic acids is 1. The topological polar surface area (TPSA) is 29.5 Å². The Kier molecular flexibility index (Phi) is 5.19. The van der Waals surface area contributed by atoms with Crippen LogP contribution in [0, 0.1) is 0 Å². The number of likely N-dealkylation sites (N-methyl/N-ethyl adjacent to an activating group) is 1. The molecule has 126 valence electrons. The van der Waals surface area contributed by atoms with Gasteiger partial charge in [0.1, 0.15) is 5.75 Å². The van der Waals surface area contributed by atoms with Gasteiger partial charge in [-0.25, -0.2) is 0 Å². The van der Waals surface area contributed by atoms with Gasteiger partial charge >= 0.3 is 0 Å². The average Bonchev–Trinajstić information content (AvgIpc) is 2.61. The first-order valence-corrected chi connectivity index (χ1v) is 8.71. The van der Waals surface area contributed by atoms with E-state index in [1.807, 2.05) is 50.4 Å². The molecule has 0 bridgehead atoms. The van der Waals surface area contributed by atoms with Crippen LogP contribution in [0.1, 0.15) is 36.5 Å². The molecule has 0 unspecified atom stereocenters. The van der Waals surface area contributed by atoms with Gasteiger partial charge in [0.05, 0.1) is 0 Å². The van der Waals surface area contributed by atoms with Gasteiger partial charge in [-0.05, 0) is 61.4 Å². The molecule has 24 heavy (non-hydrogen) atoms. The predicted molar refractivity (Wildman–Crippen MR) is 96.1 cm³/mol. The zero-order valence-electron chi connectivity index (χ0n) is 14.5. The molecule has 2 aromatic carbocycles. The van der Waals surface area contributed by atoms with Crippen molar-refractivity contribution in [1.29, 1.82) is 0 Å². The van der Waals surface area contributed by atoms with Gasteiger partial charge in [-0.1, -0.05) is 36.4 Å². The molecule has 0 saturated carbocycles. The van der Waals surface area contributed by atoms with Crippen molar-refractivity contribution in [3.63, 3.8) is 0 Å². The first kappa shape index (κ1) is 16.6. The lowest BCUT2D eigenvalue weighted by Gasteiger charge is -2.23. The van der Waals surface area contributed by atoms with E-state index in [9.17, 15) is 4.79 Å². The van der Waals surface area contributed by atoms with E-state index in [0.29, 0.717) is 6.54 Å². The Bertz CT molecular complexity index is 696. The number of amides is 1. The molecule has 2 aromatic rings. The minimum atomic E-state index is -0.486. The highest BCUT2D eigenvalue weighted by atomic mass is 16.5. The molecule has 3 heteroatoms. The van der Waals surface area contributed by atoms with Crippen LogP contribution in [0.5, 0.6) is 5.75 Å². The highest BCUT2D eigenvalue weighted by Gasteiger charge is 2.20. The number of rotatable bonds is 5. The van der Waals surface area contributed by atoms with E-state index >= 15 is 0 Å². The lowest BCUT2D eigenvalue weighted by Crippen LogP contribution is -2.37. The Labute approximate surface area is 144 Å². The minimum absolute atomic E-state index is 0.00317. The number of aryl methyl sites for hydroxylation is 2. The Hall–Kier alpha value is -2.29. The van der Waals surface area contributed by atoms with Crippen LogP contribution in [-0.4, -0.2) is 24.0 Å². The van der Waals surface area contributed by atoms with Crippen molar-refractivity contribution in [3.05, 3.63) is 65.2 Å². The summed E-state index contributed by atoms with van der Waals surface area (Å²) in [5, 5.41) is 0. The summed E-state index contributed by atoms with van der Waals surface area (Å²) >= 11 is 0. The van der Waals surface area contributed by atoms with Crippen molar-refractivity contribution >= 4 is 5.91 Å². The number of hydrogen-bond donors (Lipinski definition) is 0. The molecule has 0 aromatic heterocycles. The Balaban J connectivity index is 1.61. The van der Waals surface area contributed by atoms with Crippen LogP contribution in [-0.2, 0) is 24.2 Å². The zero-order chi connectivity index (χ0) is 16.9. The average molecular weight is 323 g/mol. The summed E-state index contributed by atoms with van der Waals surface area (Å²) < 4.78 is 5.91. The fourth-order valence-electron chi connectivity index (χ4n) is 3.28. The first-order chi connectivity index (χ1) is 11.6. The molecule has 1 atom stereocenters. The Morgan fingerprint density at radius 3 is 2.54 bits per heavy atom. The monoisotopic (exact) mass is 323 g/mol. The maximum Gasteiger partial charge on any atom is 0.263 e. The van der Waals surface area contributed by atoms with E-state index in [4.69, 9.17) is 4.74 Å². The third-order valence-corrected chi connectivity index (χ3v) is 4.62. The third-order valence-electron chi connectivity index (χ3n) is 4.62. The fraction of sp³-hybridized carbons (Fsp3) is 0.381. The van der Waals surface area contributed by atoms with Gasteiger partial charge in [-0.15, -0.1) is 0 Å². The standard InChI is InChI=1S/C21H25NO2/c1-16(21(23)22(2)15-17-8-4-3-5-9-17)24-20-13-12-18-10-6-7-11-19(18)14-20/h3-5,8-9,12-14,16H,6-7,10-11,15H2,1-2H3/t16-/m0/s1. The van der Waals surface area contributed by atoms with E-state index in [2.05, 4.69) is 12.1 Å². The van der Waals surface area contributed by atoms with Crippen molar-refractivity contribution in [2.45, 2.75) is 45.3 Å². The van der Waals surface area contributed by atoms with Crippen LogP contribution >= 0.6 is 0 Å². The molecule has 1 aliphatic carbocycles. The highest BCUT2D eigenvalue weighted by molar-refractivity contribution is 5.80. The van der Waals surface area contributed by atoms with E-state index in [1.165, 1.54) is 24.0 Å². The summed E-state index contributed by atoms with van der Waals surface area (Å²) in [5.41, 5.74) is 3.92. The normalized spacial score (nSPS) is 14.6. The Morgan fingerprint density at radius 1 is 1.08 bits per heavy atom. The van der Waals surface area contributed by atoms with Crippen LogP contribution < -0.4 is 4.74 Å².